The summed E-state index contributed by atoms with van der Waals surface area (Å²) in [6.45, 7) is 4.62. The van der Waals surface area contributed by atoms with Crippen molar-refractivity contribution in [1.29, 1.82) is 0 Å². The Morgan fingerprint density at radius 3 is 3.22 bits per heavy atom. The SMILES string of the molecule is NC(=NCCN1CCc2sccc2C1)NCCc1ccccn1. The highest BCUT2D eigenvalue weighted by atomic mass is 32.1. The van der Waals surface area contributed by atoms with Crippen molar-refractivity contribution in [2.24, 2.45) is 10.7 Å². The van der Waals surface area contributed by atoms with Crippen molar-refractivity contribution in [2.75, 3.05) is 26.2 Å². The smallest absolute Gasteiger partial charge is 0.188 e. The zero-order chi connectivity index (χ0) is 15.9. The Hall–Kier alpha value is -1.92. The van der Waals surface area contributed by atoms with Crippen LogP contribution in [0.3, 0.4) is 0 Å². The molecule has 6 heteroatoms. The van der Waals surface area contributed by atoms with Crippen LogP contribution in [0.25, 0.3) is 0 Å². The molecular formula is C17H23N5S. The molecule has 0 saturated heterocycles. The summed E-state index contributed by atoms with van der Waals surface area (Å²) in [4.78, 5) is 12.7. The predicted octanol–water partition coefficient (Wildman–Crippen LogP) is 1.65. The lowest BCUT2D eigenvalue weighted by Crippen LogP contribution is -2.35. The molecule has 0 radical (unpaired) electrons. The van der Waals surface area contributed by atoms with Crippen molar-refractivity contribution in [3.63, 3.8) is 0 Å². The molecule has 1 aliphatic heterocycles. The summed E-state index contributed by atoms with van der Waals surface area (Å²) in [6.07, 6.45) is 3.82. The van der Waals surface area contributed by atoms with Crippen LogP contribution in [-0.4, -0.2) is 42.0 Å². The lowest BCUT2D eigenvalue weighted by Gasteiger charge is -2.26. The zero-order valence-electron chi connectivity index (χ0n) is 13.2. The van der Waals surface area contributed by atoms with E-state index < -0.39 is 0 Å². The topological polar surface area (TPSA) is 66.5 Å². The minimum atomic E-state index is 0.522. The number of aliphatic imine (C=N–C) groups is 1. The monoisotopic (exact) mass is 329 g/mol. The third kappa shape index (κ3) is 4.77. The van der Waals surface area contributed by atoms with Crippen LogP contribution >= 0.6 is 11.3 Å². The van der Waals surface area contributed by atoms with Gasteiger partial charge in [-0.2, -0.15) is 0 Å². The second kappa shape index (κ2) is 8.08. The Kier molecular flexibility index (Phi) is 5.60. The van der Waals surface area contributed by atoms with E-state index in [4.69, 9.17) is 5.73 Å². The van der Waals surface area contributed by atoms with Gasteiger partial charge in [-0.15, -0.1) is 11.3 Å². The minimum absolute atomic E-state index is 0.522. The number of nitrogens with one attached hydrogen (secondary N) is 1. The molecule has 5 nitrogen and oxygen atoms in total. The summed E-state index contributed by atoms with van der Waals surface area (Å²) < 4.78 is 0. The normalized spacial score (nSPS) is 15.4. The molecule has 1 aliphatic rings. The number of hydrogen-bond donors (Lipinski definition) is 2. The second-order valence-corrected chi connectivity index (χ2v) is 6.66. The fraction of sp³-hybridized carbons (Fsp3) is 0.412. The van der Waals surface area contributed by atoms with Gasteiger partial charge in [0.05, 0.1) is 6.54 Å². The quantitative estimate of drug-likeness (QED) is 0.625. The van der Waals surface area contributed by atoms with Gasteiger partial charge in [0.2, 0.25) is 0 Å². The molecule has 3 heterocycles. The first-order chi connectivity index (χ1) is 11.3. The molecule has 122 valence electrons. The summed E-state index contributed by atoms with van der Waals surface area (Å²) in [5, 5.41) is 5.34. The van der Waals surface area contributed by atoms with Gasteiger partial charge < -0.3 is 11.1 Å². The zero-order valence-corrected chi connectivity index (χ0v) is 14.1. The van der Waals surface area contributed by atoms with Crippen molar-refractivity contribution < 1.29 is 0 Å². The van der Waals surface area contributed by atoms with E-state index >= 15 is 0 Å². The molecule has 0 fully saturated rings. The van der Waals surface area contributed by atoms with Gasteiger partial charge in [-0.05, 0) is 35.6 Å². The van der Waals surface area contributed by atoms with E-state index in [1.165, 1.54) is 5.56 Å². The van der Waals surface area contributed by atoms with Crippen molar-refractivity contribution in [3.8, 4) is 0 Å². The number of hydrogen-bond acceptors (Lipinski definition) is 4. The summed E-state index contributed by atoms with van der Waals surface area (Å²) in [5.74, 6) is 0.522. The molecule has 2 aromatic rings. The highest BCUT2D eigenvalue weighted by Crippen LogP contribution is 2.23. The number of nitrogens with zero attached hydrogens (tertiary/aromatic N) is 3. The molecule has 0 unspecified atom stereocenters. The maximum Gasteiger partial charge on any atom is 0.188 e. The van der Waals surface area contributed by atoms with E-state index in [0.29, 0.717) is 5.96 Å². The molecule has 2 aromatic heterocycles. The van der Waals surface area contributed by atoms with Crippen molar-refractivity contribution in [1.82, 2.24) is 15.2 Å². The van der Waals surface area contributed by atoms with E-state index in [-0.39, 0.29) is 0 Å². The fourth-order valence-corrected chi connectivity index (χ4v) is 3.62. The van der Waals surface area contributed by atoms with Gasteiger partial charge in [-0.25, -0.2) is 0 Å². The molecule has 0 spiro atoms. The van der Waals surface area contributed by atoms with Crippen LogP contribution in [0.5, 0.6) is 0 Å². The van der Waals surface area contributed by atoms with E-state index in [1.807, 2.05) is 35.7 Å². The molecule has 0 bridgehead atoms. The van der Waals surface area contributed by atoms with Crippen LogP contribution < -0.4 is 11.1 Å². The van der Waals surface area contributed by atoms with Gasteiger partial charge in [0.1, 0.15) is 0 Å². The Morgan fingerprint density at radius 1 is 1.39 bits per heavy atom. The number of pyridine rings is 1. The van der Waals surface area contributed by atoms with Crippen molar-refractivity contribution >= 4 is 17.3 Å². The molecule has 3 rings (SSSR count). The highest BCUT2D eigenvalue weighted by molar-refractivity contribution is 7.10. The molecular weight excluding hydrogens is 306 g/mol. The summed E-state index contributed by atoms with van der Waals surface area (Å²) in [7, 11) is 0. The Morgan fingerprint density at radius 2 is 2.35 bits per heavy atom. The third-order valence-corrected chi connectivity index (χ3v) is 5.02. The van der Waals surface area contributed by atoms with Gasteiger partial charge in [0, 0.05) is 49.4 Å². The van der Waals surface area contributed by atoms with Gasteiger partial charge in [-0.3, -0.25) is 14.9 Å². The molecule has 0 aliphatic carbocycles. The summed E-state index contributed by atoms with van der Waals surface area (Å²) >= 11 is 1.87. The first-order valence-electron chi connectivity index (χ1n) is 8.02. The van der Waals surface area contributed by atoms with Crippen molar-refractivity contribution in [2.45, 2.75) is 19.4 Å². The standard InChI is InChI=1S/C17H23N5S/c18-17(20-8-4-15-3-1-2-7-19-15)21-9-11-22-10-5-16-14(13-22)6-12-23-16/h1-3,6-7,12H,4-5,8-11,13H2,(H3,18,20,21). The Balaban J connectivity index is 1.35. The third-order valence-electron chi connectivity index (χ3n) is 4.00. The average molecular weight is 329 g/mol. The number of nitrogens with two attached hydrogens (primary N) is 1. The average Bonchev–Trinajstić information content (AvgIpc) is 3.03. The molecule has 0 atom stereocenters. The number of thiophene rings is 1. The molecule has 23 heavy (non-hydrogen) atoms. The maximum atomic E-state index is 5.92. The van der Waals surface area contributed by atoms with Crippen LogP contribution in [0.1, 0.15) is 16.1 Å². The van der Waals surface area contributed by atoms with E-state index in [1.54, 1.807) is 4.88 Å². The minimum Gasteiger partial charge on any atom is -0.370 e. The fourth-order valence-electron chi connectivity index (χ4n) is 2.73. The number of rotatable bonds is 6. The second-order valence-electron chi connectivity index (χ2n) is 5.66. The van der Waals surface area contributed by atoms with Crippen LogP contribution in [0.15, 0.2) is 40.8 Å². The van der Waals surface area contributed by atoms with Crippen LogP contribution in [0.4, 0.5) is 0 Å². The molecule has 0 aromatic carbocycles. The van der Waals surface area contributed by atoms with Gasteiger partial charge >= 0.3 is 0 Å². The highest BCUT2D eigenvalue weighted by Gasteiger charge is 2.16. The summed E-state index contributed by atoms with van der Waals surface area (Å²) in [6, 6.07) is 8.18. The Bertz CT molecular complexity index is 637. The molecule has 3 N–H and O–H groups in total. The summed E-state index contributed by atoms with van der Waals surface area (Å²) in [5.41, 5.74) is 8.46. The molecule has 0 amide bonds. The first kappa shape index (κ1) is 16.0. The number of aromatic nitrogens is 1. The largest absolute Gasteiger partial charge is 0.370 e. The van der Waals surface area contributed by atoms with Crippen molar-refractivity contribution in [3.05, 3.63) is 52.0 Å². The number of guanidine groups is 1. The lowest BCUT2D eigenvalue weighted by molar-refractivity contribution is 0.263. The van der Waals surface area contributed by atoms with Gasteiger partial charge in [-0.1, -0.05) is 6.07 Å². The molecule has 0 saturated carbocycles. The van der Waals surface area contributed by atoms with Gasteiger partial charge in [0.25, 0.3) is 0 Å². The Labute approximate surface area is 141 Å². The lowest BCUT2D eigenvalue weighted by atomic mass is 10.1. The van der Waals surface area contributed by atoms with Crippen LogP contribution in [0.2, 0.25) is 0 Å². The van der Waals surface area contributed by atoms with Crippen LogP contribution in [0, 0.1) is 0 Å². The predicted molar refractivity (Wildman–Crippen MR) is 95.7 cm³/mol. The van der Waals surface area contributed by atoms with E-state index in [2.05, 4.69) is 31.6 Å². The number of fused-ring (bicyclic) bond motifs is 1. The van der Waals surface area contributed by atoms with E-state index in [0.717, 1.165) is 51.3 Å². The van der Waals surface area contributed by atoms with Crippen LogP contribution in [-0.2, 0) is 19.4 Å². The maximum absolute atomic E-state index is 5.92. The van der Waals surface area contributed by atoms with Gasteiger partial charge in [0.15, 0.2) is 5.96 Å². The first-order valence-corrected chi connectivity index (χ1v) is 8.90. The van der Waals surface area contributed by atoms with E-state index in [9.17, 15) is 0 Å².